The lowest BCUT2D eigenvalue weighted by atomic mass is 10.2. The van der Waals surface area contributed by atoms with Gasteiger partial charge in [0.2, 0.25) is 10.0 Å². The van der Waals surface area contributed by atoms with Crippen LogP contribution in [0.25, 0.3) is 0 Å². The Morgan fingerprint density at radius 3 is 2.47 bits per heavy atom. The van der Waals surface area contributed by atoms with Gasteiger partial charge in [-0.25, -0.2) is 13.1 Å². The number of alkyl halides is 3. The highest BCUT2D eigenvalue weighted by molar-refractivity contribution is 7.89. The normalized spacial score (nSPS) is 12.7. The highest BCUT2D eigenvalue weighted by Gasteiger charge is 2.31. The first-order chi connectivity index (χ1) is 7.77. The van der Waals surface area contributed by atoms with Gasteiger partial charge in [0.25, 0.3) is 0 Å². The van der Waals surface area contributed by atoms with E-state index >= 15 is 0 Å². The number of nitrogens with two attached hydrogens (primary N) is 1. The minimum Gasteiger partial charge on any atom is -0.329 e. The lowest BCUT2D eigenvalue weighted by molar-refractivity contribution is -0.137. The van der Waals surface area contributed by atoms with Gasteiger partial charge < -0.3 is 5.73 Å². The van der Waals surface area contributed by atoms with E-state index in [-0.39, 0.29) is 13.1 Å². The van der Waals surface area contributed by atoms with Crippen LogP contribution >= 0.6 is 0 Å². The third kappa shape index (κ3) is 3.69. The van der Waals surface area contributed by atoms with Gasteiger partial charge in [-0.1, -0.05) is 6.07 Å². The minimum atomic E-state index is -4.57. The van der Waals surface area contributed by atoms with E-state index in [0.29, 0.717) is 6.07 Å². The molecule has 0 fully saturated rings. The standard InChI is InChI=1S/C9H11F3N2O2S/c10-9(11,12)7-2-1-3-8(6-7)17(15,16)14-5-4-13/h1-3,6,14H,4-5,13H2. The van der Waals surface area contributed by atoms with Crippen LogP contribution in [0.1, 0.15) is 5.56 Å². The van der Waals surface area contributed by atoms with Crippen molar-refractivity contribution in [2.45, 2.75) is 11.1 Å². The first-order valence-electron chi connectivity index (χ1n) is 4.64. The Morgan fingerprint density at radius 1 is 1.29 bits per heavy atom. The van der Waals surface area contributed by atoms with Gasteiger partial charge >= 0.3 is 6.18 Å². The fraction of sp³-hybridized carbons (Fsp3) is 0.333. The lowest BCUT2D eigenvalue weighted by Crippen LogP contribution is -2.29. The molecule has 0 saturated carbocycles. The van der Waals surface area contributed by atoms with Crippen LogP contribution in [0.4, 0.5) is 13.2 Å². The summed E-state index contributed by atoms with van der Waals surface area (Å²) in [5.74, 6) is 0. The maximum Gasteiger partial charge on any atom is 0.416 e. The third-order valence-corrected chi connectivity index (χ3v) is 3.37. The van der Waals surface area contributed by atoms with Crippen molar-refractivity contribution >= 4 is 10.0 Å². The van der Waals surface area contributed by atoms with Crippen LogP contribution in [0.15, 0.2) is 29.2 Å². The van der Waals surface area contributed by atoms with Crippen molar-refractivity contribution < 1.29 is 21.6 Å². The molecule has 0 amide bonds. The summed E-state index contributed by atoms with van der Waals surface area (Å²) in [5.41, 5.74) is 4.10. The summed E-state index contributed by atoms with van der Waals surface area (Å²) < 4.78 is 62.3. The van der Waals surface area contributed by atoms with Crippen molar-refractivity contribution in [3.8, 4) is 0 Å². The molecular formula is C9H11F3N2O2S. The van der Waals surface area contributed by atoms with Gasteiger partial charge in [0, 0.05) is 13.1 Å². The predicted octanol–water partition coefficient (Wildman–Crippen LogP) is 0.942. The summed E-state index contributed by atoms with van der Waals surface area (Å²) in [7, 11) is -3.94. The molecule has 3 N–H and O–H groups in total. The molecule has 0 bridgehead atoms. The highest BCUT2D eigenvalue weighted by atomic mass is 32.2. The van der Waals surface area contributed by atoms with Gasteiger partial charge in [-0.2, -0.15) is 13.2 Å². The zero-order valence-electron chi connectivity index (χ0n) is 8.66. The number of hydrogen-bond donors (Lipinski definition) is 2. The average molecular weight is 268 g/mol. The molecule has 17 heavy (non-hydrogen) atoms. The monoisotopic (exact) mass is 268 g/mol. The smallest absolute Gasteiger partial charge is 0.329 e. The Balaban J connectivity index is 3.08. The van der Waals surface area contributed by atoms with Crippen LogP contribution in [0.3, 0.4) is 0 Å². The minimum absolute atomic E-state index is 0.0292. The van der Waals surface area contributed by atoms with E-state index in [4.69, 9.17) is 5.73 Å². The molecule has 1 rings (SSSR count). The molecule has 1 aromatic carbocycles. The van der Waals surface area contributed by atoms with Crippen molar-refractivity contribution in [2.75, 3.05) is 13.1 Å². The molecule has 0 saturated heterocycles. The highest BCUT2D eigenvalue weighted by Crippen LogP contribution is 2.30. The maximum atomic E-state index is 12.4. The molecule has 0 aliphatic heterocycles. The van der Waals surface area contributed by atoms with E-state index in [2.05, 4.69) is 4.72 Å². The fourth-order valence-electron chi connectivity index (χ4n) is 1.12. The van der Waals surface area contributed by atoms with Crippen LogP contribution in [-0.2, 0) is 16.2 Å². The third-order valence-electron chi connectivity index (χ3n) is 1.91. The van der Waals surface area contributed by atoms with E-state index in [9.17, 15) is 21.6 Å². The number of nitrogens with one attached hydrogen (secondary N) is 1. The number of sulfonamides is 1. The first kappa shape index (κ1) is 13.9. The second kappa shape index (κ2) is 5.03. The molecule has 0 aliphatic carbocycles. The fourth-order valence-corrected chi connectivity index (χ4v) is 2.21. The Hall–Kier alpha value is -1.12. The molecular weight excluding hydrogens is 257 g/mol. The van der Waals surface area contributed by atoms with Gasteiger partial charge in [-0.3, -0.25) is 0 Å². The predicted molar refractivity (Wildman–Crippen MR) is 55.7 cm³/mol. The van der Waals surface area contributed by atoms with Gasteiger partial charge in [0.15, 0.2) is 0 Å². The Morgan fingerprint density at radius 2 is 1.94 bits per heavy atom. The molecule has 0 aliphatic rings. The number of benzene rings is 1. The SMILES string of the molecule is NCCNS(=O)(=O)c1cccc(C(F)(F)F)c1. The molecule has 0 heterocycles. The van der Waals surface area contributed by atoms with E-state index in [1.54, 1.807) is 0 Å². The van der Waals surface area contributed by atoms with Crippen LogP contribution in [0.5, 0.6) is 0 Å². The van der Waals surface area contributed by atoms with Crippen molar-refractivity contribution in [3.63, 3.8) is 0 Å². The molecule has 1 aromatic rings. The van der Waals surface area contributed by atoms with E-state index in [1.807, 2.05) is 0 Å². The largest absolute Gasteiger partial charge is 0.416 e. The molecule has 8 heteroatoms. The summed E-state index contributed by atoms with van der Waals surface area (Å²) in [4.78, 5) is -0.430. The second-order valence-corrected chi connectivity index (χ2v) is 4.98. The topological polar surface area (TPSA) is 72.2 Å². The average Bonchev–Trinajstić information content (AvgIpc) is 2.25. The Kier molecular flexibility index (Phi) is 4.12. The van der Waals surface area contributed by atoms with Gasteiger partial charge in [-0.15, -0.1) is 0 Å². The Bertz CT molecular complexity index is 485. The number of rotatable bonds is 4. The summed E-state index contributed by atoms with van der Waals surface area (Å²) >= 11 is 0. The number of hydrogen-bond acceptors (Lipinski definition) is 3. The summed E-state index contributed by atoms with van der Waals surface area (Å²) in [6.07, 6.45) is -4.57. The quantitative estimate of drug-likeness (QED) is 0.853. The van der Waals surface area contributed by atoms with Gasteiger partial charge in [0.05, 0.1) is 10.5 Å². The molecule has 0 aromatic heterocycles. The van der Waals surface area contributed by atoms with E-state index in [1.165, 1.54) is 0 Å². The Labute approximate surface area is 96.7 Å². The van der Waals surface area contributed by atoms with Crippen molar-refractivity contribution in [2.24, 2.45) is 5.73 Å². The van der Waals surface area contributed by atoms with Crippen LogP contribution in [0, 0.1) is 0 Å². The molecule has 0 unspecified atom stereocenters. The summed E-state index contributed by atoms with van der Waals surface area (Å²) in [6, 6.07) is 3.52. The first-order valence-corrected chi connectivity index (χ1v) is 6.12. The molecule has 4 nitrogen and oxygen atoms in total. The lowest BCUT2D eigenvalue weighted by Gasteiger charge is -2.09. The van der Waals surface area contributed by atoms with Crippen molar-refractivity contribution in [1.29, 1.82) is 0 Å². The van der Waals surface area contributed by atoms with Gasteiger partial charge in [-0.05, 0) is 18.2 Å². The number of halogens is 3. The summed E-state index contributed by atoms with van der Waals surface area (Å²) in [6.45, 7) is 0.0385. The van der Waals surface area contributed by atoms with E-state index < -0.39 is 26.7 Å². The summed E-state index contributed by atoms with van der Waals surface area (Å²) in [5, 5.41) is 0. The van der Waals surface area contributed by atoms with Crippen LogP contribution in [0.2, 0.25) is 0 Å². The van der Waals surface area contributed by atoms with E-state index in [0.717, 1.165) is 18.2 Å². The molecule has 96 valence electrons. The molecule has 0 spiro atoms. The second-order valence-electron chi connectivity index (χ2n) is 3.21. The van der Waals surface area contributed by atoms with Crippen LogP contribution in [-0.4, -0.2) is 21.5 Å². The van der Waals surface area contributed by atoms with Crippen molar-refractivity contribution in [1.82, 2.24) is 4.72 Å². The van der Waals surface area contributed by atoms with Gasteiger partial charge in [0.1, 0.15) is 0 Å². The molecule has 0 radical (unpaired) electrons. The van der Waals surface area contributed by atoms with Crippen molar-refractivity contribution in [3.05, 3.63) is 29.8 Å². The van der Waals surface area contributed by atoms with Crippen LogP contribution < -0.4 is 10.5 Å². The maximum absolute atomic E-state index is 12.4. The zero-order chi connectivity index (χ0) is 13.1. The molecule has 0 atom stereocenters. The zero-order valence-corrected chi connectivity index (χ0v) is 9.48.